The molecule has 2 amide bonds. The van der Waals surface area contributed by atoms with E-state index in [0.717, 1.165) is 4.88 Å². The Bertz CT molecular complexity index is 580. The molecule has 0 saturated heterocycles. The molecule has 0 unspecified atom stereocenters. The Morgan fingerprint density at radius 1 is 1.25 bits per heavy atom. The van der Waals surface area contributed by atoms with Gasteiger partial charge in [0.2, 0.25) is 5.91 Å². The van der Waals surface area contributed by atoms with Crippen LogP contribution in [0.5, 0.6) is 0 Å². The molecule has 0 aliphatic carbocycles. The second-order valence-corrected chi connectivity index (χ2v) is 5.77. The zero-order valence-corrected chi connectivity index (χ0v) is 12.1. The highest BCUT2D eigenvalue weighted by molar-refractivity contribution is 7.16. The van der Waals surface area contributed by atoms with Gasteiger partial charge in [0.1, 0.15) is 0 Å². The van der Waals surface area contributed by atoms with E-state index < -0.39 is 0 Å². The molecule has 7 heteroatoms. The van der Waals surface area contributed by atoms with Crippen molar-refractivity contribution in [2.45, 2.75) is 13.0 Å². The Morgan fingerprint density at radius 2 is 2.10 bits per heavy atom. The first-order chi connectivity index (χ1) is 9.65. The zero-order chi connectivity index (χ0) is 14.4. The van der Waals surface area contributed by atoms with Crippen LogP contribution in [0.15, 0.2) is 34.9 Å². The third kappa shape index (κ3) is 4.40. The zero-order valence-electron chi connectivity index (χ0n) is 10.5. The van der Waals surface area contributed by atoms with E-state index in [-0.39, 0.29) is 30.5 Å². The van der Waals surface area contributed by atoms with Crippen molar-refractivity contribution < 1.29 is 14.0 Å². The SMILES string of the molecule is O=C(CCNC(=O)c1ccco1)NCc1ccc(Cl)s1. The first-order valence-corrected chi connectivity index (χ1v) is 7.17. The topological polar surface area (TPSA) is 71.3 Å². The molecule has 20 heavy (non-hydrogen) atoms. The number of carbonyl (C=O) groups is 2. The third-order valence-electron chi connectivity index (χ3n) is 2.47. The summed E-state index contributed by atoms with van der Waals surface area (Å²) in [6.07, 6.45) is 1.64. The summed E-state index contributed by atoms with van der Waals surface area (Å²) in [5, 5.41) is 5.37. The third-order valence-corrected chi connectivity index (χ3v) is 3.70. The van der Waals surface area contributed by atoms with Crippen molar-refractivity contribution in [1.82, 2.24) is 10.6 Å². The molecule has 0 aromatic carbocycles. The minimum absolute atomic E-state index is 0.130. The Kier molecular flexibility index (Phi) is 5.20. The lowest BCUT2D eigenvalue weighted by Crippen LogP contribution is -2.30. The van der Waals surface area contributed by atoms with Crippen LogP contribution < -0.4 is 10.6 Å². The first-order valence-electron chi connectivity index (χ1n) is 5.98. The average molecular weight is 313 g/mol. The number of carbonyl (C=O) groups excluding carboxylic acids is 2. The highest BCUT2D eigenvalue weighted by Gasteiger charge is 2.08. The van der Waals surface area contributed by atoms with E-state index in [9.17, 15) is 9.59 Å². The molecule has 0 spiro atoms. The lowest BCUT2D eigenvalue weighted by Gasteiger charge is -2.04. The van der Waals surface area contributed by atoms with Gasteiger partial charge in [0, 0.05) is 17.8 Å². The van der Waals surface area contributed by atoms with Gasteiger partial charge in [0.15, 0.2) is 5.76 Å². The van der Waals surface area contributed by atoms with Crippen molar-refractivity contribution in [2.75, 3.05) is 6.54 Å². The smallest absolute Gasteiger partial charge is 0.286 e. The van der Waals surface area contributed by atoms with Crippen LogP contribution in [0.25, 0.3) is 0 Å². The summed E-state index contributed by atoms with van der Waals surface area (Å²) in [4.78, 5) is 24.1. The second-order valence-electron chi connectivity index (χ2n) is 3.97. The van der Waals surface area contributed by atoms with E-state index in [0.29, 0.717) is 10.9 Å². The molecular weight excluding hydrogens is 300 g/mol. The van der Waals surface area contributed by atoms with E-state index in [1.54, 1.807) is 18.2 Å². The standard InChI is InChI=1S/C13H13ClN2O3S/c14-11-4-3-9(20-11)8-16-12(17)5-6-15-13(18)10-2-1-7-19-10/h1-4,7H,5-6,8H2,(H,15,18)(H,16,17). The fourth-order valence-electron chi connectivity index (χ4n) is 1.51. The number of furan rings is 1. The fraction of sp³-hybridized carbons (Fsp3) is 0.231. The van der Waals surface area contributed by atoms with Gasteiger partial charge in [-0.2, -0.15) is 0 Å². The van der Waals surface area contributed by atoms with Crippen LogP contribution in [0.3, 0.4) is 0 Å². The molecule has 2 rings (SSSR count). The Morgan fingerprint density at radius 3 is 2.75 bits per heavy atom. The van der Waals surface area contributed by atoms with Gasteiger partial charge in [-0.15, -0.1) is 11.3 Å². The van der Waals surface area contributed by atoms with Crippen molar-refractivity contribution in [3.05, 3.63) is 45.5 Å². The molecule has 0 aliphatic heterocycles. The summed E-state index contributed by atoms with van der Waals surface area (Å²) in [6, 6.07) is 6.85. The number of halogens is 1. The lowest BCUT2D eigenvalue weighted by atomic mass is 10.3. The van der Waals surface area contributed by atoms with Crippen LogP contribution in [0.2, 0.25) is 4.34 Å². The van der Waals surface area contributed by atoms with Gasteiger partial charge in [-0.25, -0.2) is 0 Å². The second kappa shape index (κ2) is 7.12. The highest BCUT2D eigenvalue weighted by atomic mass is 35.5. The Hall–Kier alpha value is -1.79. The molecule has 2 N–H and O–H groups in total. The number of nitrogens with one attached hydrogen (secondary N) is 2. The molecule has 0 fully saturated rings. The molecule has 0 aliphatic rings. The quantitative estimate of drug-likeness (QED) is 0.860. The molecule has 106 valence electrons. The molecule has 0 saturated carbocycles. The van der Waals surface area contributed by atoms with Crippen molar-refractivity contribution in [3.63, 3.8) is 0 Å². The van der Waals surface area contributed by atoms with Crippen LogP contribution in [-0.2, 0) is 11.3 Å². The number of thiophene rings is 1. The highest BCUT2D eigenvalue weighted by Crippen LogP contribution is 2.20. The van der Waals surface area contributed by atoms with Gasteiger partial charge >= 0.3 is 0 Å². The number of hydrogen-bond donors (Lipinski definition) is 2. The summed E-state index contributed by atoms with van der Waals surface area (Å²) >= 11 is 7.22. The minimum atomic E-state index is -0.326. The van der Waals surface area contributed by atoms with E-state index >= 15 is 0 Å². The van der Waals surface area contributed by atoms with Crippen LogP contribution in [0, 0.1) is 0 Å². The molecule has 0 radical (unpaired) electrons. The van der Waals surface area contributed by atoms with E-state index in [1.807, 2.05) is 6.07 Å². The maximum absolute atomic E-state index is 11.6. The molecule has 5 nitrogen and oxygen atoms in total. The van der Waals surface area contributed by atoms with Gasteiger partial charge in [-0.3, -0.25) is 9.59 Å². The van der Waals surface area contributed by atoms with Crippen LogP contribution in [0.4, 0.5) is 0 Å². The van der Waals surface area contributed by atoms with E-state index in [1.165, 1.54) is 17.6 Å². The predicted molar refractivity (Wildman–Crippen MR) is 76.8 cm³/mol. The fourth-order valence-corrected chi connectivity index (χ4v) is 2.53. The number of amides is 2. The Labute approximate surface area is 124 Å². The van der Waals surface area contributed by atoms with Gasteiger partial charge in [0.05, 0.1) is 17.1 Å². The van der Waals surface area contributed by atoms with Crippen molar-refractivity contribution in [2.24, 2.45) is 0 Å². The van der Waals surface area contributed by atoms with E-state index in [2.05, 4.69) is 10.6 Å². The normalized spacial score (nSPS) is 10.2. The summed E-state index contributed by atoms with van der Waals surface area (Å²) in [7, 11) is 0. The van der Waals surface area contributed by atoms with Crippen LogP contribution >= 0.6 is 22.9 Å². The van der Waals surface area contributed by atoms with E-state index in [4.69, 9.17) is 16.0 Å². The Balaban J connectivity index is 1.64. The molecule has 0 bridgehead atoms. The van der Waals surface area contributed by atoms with Gasteiger partial charge in [-0.1, -0.05) is 11.6 Å². The summed E-state index contributed by atoms with van der Waals surface area (Å²) in [5.41, 5.74) is 0. The average Bonchev–Trinajstić information content (AvgIpc) is 3.07. The molecule has 2 heterocycles. The minimum Gasteiger partial charge on any atom is -0.459 e. The summed E-state index contributed by atoms with van der Waals surface area (Å²) < 4.78 is 5.63. The molecule has 0 atom stereocenters. The molecular formula is C13H13ClN2O3S. The van der Waals surface area contributed by atoms with Gasteiger partial charge < -0.3 is 15.1 Å². The van der Waals surface area contributed by atoms with Gasteiger partial charge in [0.25, 0.3) is 5.91 Å². The van der Waals surface area contributed by atoms with Crippen LogP contribution in [0.1, 0.15) is 21.9 Å². The molecule has 2 aromatic rings. The summed E-state index contributed by atoms with van der Waals surface area (Å²) in [6.45, 7) is 0.707. The van der Waals surface area contributed by atoms with Gasteiger partial charge in [-0.05, 0) is 24.3 Å². The summed E-state index contributed by atoms with van der Waals surface area (Å²) in [5.74, 6) is -0.222. The van der Waals surface area contributed by atoms with Crippen molar-refractivity contribution >= 4 is 34.8 Å². The largest absolute Gasteiger partial charge is 0.459 e. The first kappa shape index (κ1) is 14.6. The van der Waals surface area contributed by atoms with Crippen molar-refractivity contribution in [3.8, 4) is 0 Å². The van der Waals surface area contributed by atoms with Crippen molar-refractivity contribution in [1.29, 1.82) is 0 Å². The molecule has 2 aromatic heterocycles. The lowest BCUT2D eigenvalue weighted by molar-refractivity contribution is -0.121. The number of hydrogen-bond acceptors (Lipinski definition) is 4. The maximum Gasteiger partial charge on any atom is 0.286 e. The number of rotatable bonds is 6. The maximum atomic E-state index is 11.6. The monoisotopic (exact) mass is 312 g/mol. The van der Waals surface area contributed by atoms with Crippen LogP contribution in [-0.4, -0.2) is 18.4 Å². The predicted octanol–water partition coefficient (Wildman–Crippen LogP) is 2.43.